The van der Waals surface area contributed by atoms with Gasteiger partial charge in [0.05, 0.1) is 5.56 Å². The summed E-state index contributed by atoms with van der Waals surface area (Å²) in [7, 11) is 0. The van der Waals surface area contributed by atoms with Crippen LogP contribution in [0, 0.1) is 0 Å². The first-order valence-electron chi connectivity index (χ1n) is 12.2. The van der Waals surface area contributed by atoms with Crippen molar-refractivity contribution < 1.29 is 4.79 Å². The van der Waals surface area contributed by atoms with Crippen LogP contribution in [0.3, 0.4) is 0 Å². The molecule has 37 heavy (non-hydrogen) atoms. The third kappa shape index (κ3) is 4.37. The summed E-state index contributed by atoms with van der Waals surface area (Å²) in [6.45, 7) is 1.30. The lowest BCUT2D eigenvalue weighted by atomic mass is 9.74. The van der Waals surface area contributed by atoms with Crippen LogP contribution in [0.2, 0.25) is 15.2 Å². The minimum atomic E-state index is -0.271. The van der Waals surface area contributed by atoms with E-state index in [0.29, 0.717) is 33.9 Å². The summed E-state index contributed by atoms with van der Waals surface area (Å²) >= 11 is 18.4. The minimum Gasteiger partial charge on any atom is -0.346 e. The molecule has 1 fully saturated rings. The van der Waals surface area contributed by atoms with Gasteiger partial charge in [0.25, 0.3) is 5.91 Å². The Kier molecular flexibility index (Phi) is 6.36. The summed E-state index contributed by atoms with van der Waals surface area (Å²) in [6.07, 6.45) is 3.04. The Morgan fingerprint density at radius 2 is 1.54 bits per heavy atom. The third-order valence-corrected chi connectivity index (χ3v) is 8.30. The van der Waals surface area contributed by atoms with Gasteiger partial charge in [0.2, 0.25) is 0 Å². The molecule has 6 rings (SSSR count). The van der Waals surface area contributed by atoms with Gasteiger partial charge in [-0.25, -0.2) is 4.98 Å². The van der Waals surface area contributed by atoms with Gasteiger partial charge in [-0.15, -0.1) is 0 Å². The molecule has 3 heterocycles. The van der Waals surface area contributed by atoms with Crippen molar-refractivity contribution in [2.45, 2.75) is 31.0 Å². The van der Waals surface area contributed by atoms with Crippen LogP contribution in [-0.4, -0.2) is 28.5 Å². The minimum absolute atomic E-state index is 0.0407. The SMILES string of the molecule is O=C(c1ccc(Cl)nc1)N1CCC2(Cc3ccc(Cl)cc3)c3ccccc3N(Cc3ccc(Cl)cc3)C12. The van der Waals surface area contributed by atoms with Gasteiger partial charge in [-0.05, 0) is 72.0 Å². The van der Waals surface area contributed by atoms with Crippen LogP contribution in [0.15, 0.2) is 91.1 Å². The van der Waals surface area contributed by atoms with Crippen molar-refractivity contribution in [2.75, 3.05) is 11.4 Å². The smallest absolute Gasteiger partial charge is 0.257 e. The number of hydrogen-bond acceptors (Lipinski definition) is 3. The molecule has 1 saturated heterocycles. The van der Waals surface area contributed by atoms with Crippen LogP contribution in [0.1, 0.15) is 33.5 Å². The summed E-state index contributed by atoms with van der Waals surface area (Å²) in [5, 5.41) is 1.79. The summed E-state index contributed by atoms with van der Waals surface area (Å²) in [5.74, 6) is -0.0407. The van der Waals surface area contributed by atoms with Gasteiger partial charge in [-0.3, -0.25) is 4.79 Å². The highest BCUT2D eigenvalue weighted by molar-refractivity contribution is 6.30. The first-order chi connectivity index (χ1) is 17.9. The van der Waals surface area contributed by atoms with Crippen molar-refractivity contribution in [3.8, 4) is 0 Å². The van der Waals surface area contributed by atoms with E-state index in [4.69, 9.17) is 34.8 Å². The molecular formula is C30H24Cl3N3O. The van der Waals surface area contributed by atoms with E-state index < -0.39 is 0 Å². The number of likely N-dealkylation sites (tertiary alicyclic amines) is 1. The lowest BCUT2D eigenvalue weighted by molar-refractivity contribution is 0.0708. The average Bonchev–Trinajstić information content (AvgIpc) is 3.40. The number of anilines is 1. The number of halogens is 3. The molecule has 1 aromatic heterocycles. The highest BCUT2D eigenvalue weighted by Gasteiger charge is 2.58. The quantitative estimate of drug-likeness (QED) is 0.244. The Balaban J connectivity index is 1.46. The zero-order valence-corrected chi connectivity index (χ0v) is 22.2. The molecule has 0 saturated carbocycles. The molecule has 1 amide bonds. The van der Waals surface area contributed by atoms with Crippen LogP contribution in [0.25, 0.3) is 0 Å². The molecule has 2 atom stereocenters. The maximum Gasteiger partial charge on any atom is 0.257 e. The van der Waals surface area contributed by atoms with Crippen LogP contribution in [0.4, 0.5) is 5.69 Å². The van der Waals surface area contributed by atoms with E-state index in [0.717, 1.165) is 24.1 Å². The van der Waals surface area contributed by atoms with Gasteiger partial charge >= 0.3 is 0 Å². The largest absolute Gasteiger partial charge is 0.346 e. The highest BCUT2D eigenvalue weighted by Crippen LogP contribution is 2.54. The molecule has 2 aliphatic rings. The lowest BCUT2D eigenvalue weighted by Crippen LogP contribution is -2.52. The molecule has 0 aliphatic carbocycles. The van der Waals surface area contributed by atoms with Crippen LogP contribution in [-0.2, 0) is 18.4 Å². The van der Waals surface area contributed by atoms with Crippen molar-refractivity contribution in [2.24, 2.45) is 0 Å². The Morgan fingerprint density at radius 3 is 2.22 bits per heavy atom. The first kappa shape index (κ1) is 24.3. The Bertz CT molecular complexity index is 1440. The standard InChI is InChI=1S/C30H24Cl3N3O/c31-23-10-5-20(6-11-23)17-30-15-16-35(28(37)22-9-14-27(33)34-18-22)29(30)36(26-4-2-1-3-25(26)30)19-21-7-12-24(32)13-8-21/h1-14,18,29H,15-17,19H2. The monoisotopic (exact) mass is 547 g/mol. The van der Waals surface area contributed by atoms with Crippen molar-refractivity contribution >= 4 is 46.4 Å². The number of benzene rings is 3. The molecule has 0 radical (unpaired) electrons. The van der Waals surface area contributed by atoms with E-state index in [-0.39, 0.29) is 17.5 Å². The number of para-hydroxylation sites is 1. The van der Waals surface area contributed by atoms with Crippen molar-refractivity contribution in [1.82, 2.24) is 9.88 Å². The molecule has 0 N–H and O–H groups in total. The number of pyridine rings is 1. The van der Waals surface area contributed by atoms with E-state index in [2.05, 4.69) is 46.3 Å². The fourth-order valence-electron chi connectivity index (χ4n) is 5.97. The number of amides is 1. The predicted molar refractivity (Wildman–Crippen MR) is 150 cm³/mol. The number of aromatic nitrogens is 1. The molecule has 0 bridgehead atoms. The van der Waals surface area contributed by atoms with Gasteiger partial charge in [0.15, 0.2) is 0 Å². The fourth-order valence-corrected chi connectivity index (χ4v) is 6.33. The maximum absolute atomic E-state index is 13.9. The second-order valence-electron chi connectivity index (χ2n) is 9.72. The first-order valence-corrected chi connectivity index (χ1v) is 13.4. The average molecular weight is 549 g/mol. The van der Waals surface area contributed by atoms with Gasteiger partial charge < -0.3 is 9.80 Å². The maximum atomic E-state index is 13.9. The number of carbonyl (C=O) groups is 1. The highest BCUT2D eigenvalue weighted by atomic mass is 35.5. The van der Waals surface area contributed by atoms with Gasteiger partial charge in [-0.1, -0.05) is 77.3 Å². The third-order valence-electron chi connectivity index (χ3n) is 7.57. The Hall–Kier alpha value is -3.05. The van der Waals surface area contributed by atoms with Crippen molar-refractivity contribution in [3.63, 3.8) is 0 Å². The topological polar surface area (TPSA) is 36.4 Å². The van der Waals surface area contributed by atoms with Crippen molar-refractivity contribution in [1.29, 1.82) is 0 Å². The van der Waals surface area contributed by atoms with E-state index in [1.807, 2.05) is 41.3 Å². The summed E-state index contributed by atoms with van der Waals surface area (Å²) < 4.78 is 0. The molecule has 2 unspecified atom stereocenters. The fraction of sp³-hybridized carbons (Fsp3) is 0.200. The zero-order chi connectivity index (χ0) is 25.6. The number of hydrogen-bond donors (Lipinski definition) is 0. The second-order valence-corrected chi connectivity index (χ2v) is 11.0. The molecular weight excluding hydrogens is 525 g/mol. The Morgan fingerprint density at radius 1 is 0.865 bits per heavy atom. The van der Waals surface area contributed by atoms with Gasteiger partial charge in [0.1, 0.15) is 11.3 Å². The summed E-state index contributed by atoms with van der Waals surface area (Å²) in [6, 6.07) is 28.0. The number of nitrogens with zero attached hydrogens (tertiary/aromatic N) is 3. The van der Waals surface area contributed by atoms with Crippen LogP contribution < -0.4 is 4.90 Å². The number of carbonyl (C=O) groups excluding carboxylic acids is 1. The van der Waals surface area contributed by atoms with E-state index in [1.165, 1.54) is 11.1 Å². The number of fused-ring (bicyclic) bond motifs is 3. The second kappa shape index (κ2) is 9.68. The van der Waals surface area contributed by atoms with Crippen LogP contribution in [0.5, 0.6) is 0 Å². The predicted octanol–water partition coefficient (Wildman–Crippen LogP) is 7.41. The molecule has 4 aromatic rings. The van der Waals surface area contributed by atoms with Gasteiger partial charge in [0, 0.05) is 40.4 Å². The Labute approximate surface area is 231 Å². The summed E-state index contributed by atoms with van der Waals surface area (Å²) in [4.78, 5) is 22.5. The van der Waals surface area contributed by atoms with E-state index >= 15 is 0 Å². The van der Waals surface area contributed by atoms with Crippen LogP contribution >= 0.6 is 34.8 Å². The van der Waals surface area contributed by atoms with Gasteiger partial charge in [-0.2, -0.15) is 0 Å². The molecule has 4 nitrogen and oxygen atoms in total. The van der Waals surface area contributed by atoms with Crippen molar-refractivity contribution in [3.05, 3.63) is 129 Å². The molecule has 7 heteroatoms. The van der Waals surface area contributed by atoms with E-state index in [1.54, 1.807) is 18.3 Å². The lowest BCUT2D eigenvalue weighted by Gasteiger charge is -2.38. The zero-order valence-electron chi connectivity index (χ0n) is 19.9. The summed E-state index contributed by atoms with van der Waals surface area (Å²) in [5.41, 5.74) is 5.02. The normalized spacial score (nSPS) is 20.1. The van der Waals surface area contributed by atoms with E-state index in [9.17, 15) is 4.79 Å². The number of rotatable bonds is 5. The molecule has 2 aliphatic heterocycles. The molecule has 186 valence electrons. The molecule has 3 aromatic carbocycles. The molecule has 0 spiro atoms.